The molecule has 0 aliphatic carbocycles. The SMILES string of the molecule is NCCC[C@H](NCCC(N)N)C(=O)O. The van der Waals surface area contributed by atoms with E-state index in [9.17, 15) is 4.79 Å². The van der Waals surface area contributed by atoms with Gasteiger partial charge in [-0.15, -0.1) is 0 Å². The number of nitrogens with two attached hydrogens (primary N) is 3. The Balaban J connectivity index is 3.68. The average molecular weight is 204 g/mol. The number of carbonyl (C=O) groups is 1. The number of hydrogen-bond acceptors (Lipinski definition) is 5. The lowest BCUT2D eigenvalue weighted by Crippen LogP contribution is -2.41. The fourth-order valence-electron chi connectivity index (χ4n) is 1.06. The molecule has 8 N–H and O–H groups in total. The van der Waals surface area contributed by atoms with Gasteiger partial charge in [0.1, 0.15) is 6.04 Å². The van der Waals surface area contributed by atoms with Crippen molar-refractivity contribution in [2.75, 3.05) is 13.1 Å². The van der Waals surface area contributed by atoms with Gasteiger partial charge in [-0.3, -0.25) is 4.79 Å². The summed E-state index contributed by atoms with van der Waals surface area (Å²) < 4.78 is 0. The summed E-state index contributed by atoms with van der Waals surface area (Å²) in [4.78, 5) is 10.7. The second-order valence-corrected chi connectivity index (χ2v) is 3.23. The first-order chi connectivity index (χ1) is 6.57. The van der Waals surface area contributed by atoms with Crippen molar-refractivity contribution >= 4 is 5.97 Å². The molecule has 0 saturated carbocycles. The number of carboxylic acid groups (broad SMARTS) is 1. The van der Waals surface area contributed by atoms with Gasteiger partial charge in [0.25, 0.3) is 0 Å². The molecule has 6 nitrogen and oxygen atoms in total. The van der Waals surface area contributed by atoms with Crippen LogP contribution in [0.4, 0.5) is 0 Å². The Morgan fingerprint density at radius 3 is 2.43 bits per heavy atom. The van der Waals surface area contributed by atoms with Gasteiger partial charge in [0.15, 0.2) is 0 Å². The first kappa shape index (κ1) is 13.3. The van der Waals surface area contributed by atoms with Crippen molar-refractivity contribution in [3.63, 3.8) is 0 Å². The highest BCUT2D eigenvalue weighted by atomic mass is 16.4. The van der Waals surface area contributed by atoms with Crippen LogP contribution in [0.5, 0.6) is 0 Å². The molecule has 0 aromatic heterocycles. The van der Waals surface area contributed by atoms with Gasteiger partial charge >= 0.3 is 5.97 Å². The summed E-state index contributed by atoms with van der Waals surface area (Å²) in [6.07, 6.45) is 1.39. The Kier molecular flexibility index (Phi) is 7.31. The highest BCUT2D eigenvalue weighted by molar-refractivity contribution is 5.73. The molecule has 0 aliphatic rings. The van der Waals surface area contributed by atoms with Crippen molar-refractivity contribution in [2.24, 2.45) is 17.2 Å². The third-order valence-corrected chi connectivity index (χ3v) is 1.86. The van der Waals surface area contributed by atoms with Gasteiger partial charge in [0, 0.05) is 0 Å². The van der Waals surface area contributed by atoms with E-state index >= 15 is 0 Å². The van der Waals surface area contributed by atoms with Gasteiger partial charge < -0.3 is 27.6 Å². The second kappa shape index (κ2) is 7.69. The van der Waals surface area contributed by atoms with E-state index in [1.165, 1.54) is 0 Å². The minimum Gasteiger partial charge on any atom is -0.480 e. The lowest BCUT2D eigenvalue weighted by molar-refractivity contribution is -0.139. The third kappa shape index (κ3) is 6.79. The monoisotopic (exact) mass is 204 g/mol. The van der Waals surface area contributed by atoms with Crippen LogP contribution in [0.15, 0.2) is 0 Å². The van der Waals surface area contributed by atoms with E-state index in [0.717, 1.165) is 0 Å². The summed E-state index contributed by atoms with van der Waals surface area (Å²) in [6.45, 7) is 1.01. The third-order valence-electron chi connectivity index (χ3n) is 1.86. The smallest absolute Gasteiger partial charge is 0.320 e. The number of aliphatic carboxylic acids is 1. The van der Waals surface area contributed by atoms with E-state index in [1.807, 2.05) is 0 Å². The van der Waals surface area contributed by atoms with Crippen molar-refractivity contribution in [1.82, 2.24) is 5.32 Å². The lowest BCUT2D eigenvalue weighted by Gasteiger charge is -2.14. The molecule has 0 saturated heterocycles. The predicted octanol–water partition coefficient (Wildman–Crippen LogP) is -1.60. The van der Waals surface area contributed by atoms with Gasteiger partial charge in [0.2, 0.25) is 0 Å². The maximum atomic E-state index is 10.7. The van der Waals surface area contributed by atoms with E-state index in [-0.39, 0.29) is 0 Å². The molecule has 1 atom stereocenters. The number of carboxylic acids is 1. The molecular weight excluding hydrogens is 184 g/mol. The molecule has 0 bridgehead atoms. The first-order valence-corrected chi connectivity index (χ1v) is 4.75. The Morgan fingerprint density at radius 1 is 1.36 bits per heavy atom. The molecule has 0 aromatic rings. The Hall–Kier alpha value is -0.690. The largest absolute Gasteiger partial charge is 0.480 e. The summed E-state index contributed by atoms with van der Waals surface area (Å²) >= 11 is 0. The number of hydrogen-bond donors (Lipinski definition) is 5. The van der Waals surface area contributed by atoms with Crippen LogP contribution >= 0.6 is 0 Å². The summed E-state index contributed by atoms with van der Waals surface area (Å²) in [5.74, 6) is -0.857. The Labute approximate surface area is 83.8 Å². The van der Waals surface area contributed by atoms with Crippen LogP contribution in [-0.2, 0) is 4.79 Å². The maximum absolute atomic E-state index is 10.7. The van der Waals surface area contributed by atoms with Gasteiger partial charge in [-0.1, -0.05) is 0 Å². The minimum atomic E-state index is -0.857. The lowest BCUT2D eigenvalue weighted by atomic mass is 10.1. The Bertz CT molecular complexity index is 163. The molecule has 14 heavy (non-hydrogen) atoms. The zero-order chi connectivity index (χ0) is 11.0. The van der Waals surface area contributed by atoms with E-state index in [2.05, 4.69) is 5.32 Å². The molecule has 0 aromatic carbocycles. The van der Waals surface area contributed by atoms with Gasteiger partial charge in [-0.25, -0.2) is 0 Å². The molecule has 0 radical (unpaired) electrons. The van der Waals surface area contributed by atoms with Crippen LogP contribution in [0.2, 0.25) is 0 Å². The van der Waals surface area contributed by atoms with Crippen LogP contribution < -0.4 is 22.5 Å². The van der Waals surface area contributed by atoms with Crippen molar-refractivity contribution < 1.29 is 9.90 Å². The topological polar surface area (TPSA) is 127 Å². The average Bonchev–Trinajstić information content (AvgIpc) is 2.09. The zero-order valence-corrected chi connectivity index (χ0v) is 8.28. The standard InChI is InChI=1S/C8H20N4O2/c9-4-1-2-6(8(13)14)12-5-3-7(10)11/h6-7,12H,1-5,9-11H2,(H,13,14)/t6-/m0/s1. The molecule has 84 valence electrons. The van der Waals surface area contributed by atoms with Gasteiger partial charge in [-0.2, -0.15) is 0 Å². The normalized spacial score (nSPS) is 13.1. The fraction of sp³-hybridized carbons (Fsp3) is 0.875. The van der Waals surface area contributed by atoms with Crippen LogP contribution in [0.25, 0.3) is 0 Å². The molecular formula is C8H20N4O2. The van der Waals surface area contributed by atoms with Crippen LogP contribution in [-0.4, -0.2) is 36.4 Å². The maximum Gasteiger partial charge on any atom is 0.320 e. The second-order valence-electron chi connectivity index (χ2n) is 3.23. The van der Waals surface area contributed by atoms with Crippen LogP contribution in [0.3, 0.4) is 0 Å². The summed E-state index contributed by atoms with van der Waals surface area (Å²) in [5, 5.41) is 11.7. The molecule has 0 aliphatic heterocycles. The number of rotatable bonds is 8. The van der Waals surface area contributed by atoms with Crippen molar-refractivity contribution in [3.8, 4) is 0 Å². The molecule has 0 rings (SSSR count). The highest BCUT2D eigenvalue weighted by Gasteiger charge is 2.15. The summed E-state index contributed by atoms with van der Waals surface area (Å²) in [6, 6.07) is -0.544. The molecule has 0 spiro atoms. The van der Waals surface area contributed by atoms with E-state index in [1.54, 1.807) is 0 Å². The van der Waals surface area contributed by atoms with Crippen molar-refractivity contribution in [1.29, 1.82) is 0 Å². The van der Waals surface area contributed by atoms with Gasteiger partial charge in [-0.05, 0) is 32.4 Å². The van der Waals surface area contributed by atoms with Crippen molar-refractivity contribution in [3.05, 3.63) is 0 Å². The van der Waals surface area contributed by atoms with Gasteiger partial charge in [0.05, 0.1) is 6.17 Å². The first-order valence-electron chi connectivity index (χ1n) is 4.75. The van der Waals surface area contributed by atoms with Crippen molar-refractivity contribution in [2.45, 2.75) is 31.5 Å². The fourth-order valence-corrected chi connectivity index (χ4v) is 1.06. The molecule has 6 heteroatoms. The molecule has 0 unspecified atom stereocenters. The molecule has 0 heterocycles. The zero-order valence-electron chi connectivity index (χ0n) is 8.28. The quantitative estimate of drug-likeness (QED) is 0.303. The van der Waals surface area contributed by atoms with E-state index < -0.39 is 18.2 Å². The van der Waals surface area contributed by atoms with E-state index in [4.69, 9.17) is 22.3 Å². The highest BCUT2D eigenvalue weighted by Crippen LogP contribution is 1.96. The van der Waals surface area contributed by atoms with E-state index in [0.29, 0.717) is 32.4 Å². The number of nitrogens with one attached hydrogen (secondary N) is 1. The predicted molar refractivity (Wildman–Crippen MR) is 54.5 cm³/mol. The molecule has 0 fully saturated rings. The molecule has 0 amide bonds. The van der Waals surface area contributed by atoms with Crippen LogP contribution in [0.1, 0.15) is 19.3 Å². The Morgan fingerprint density at radius 2 is 2.00 bits per heavy atom. The summed E-state index contributed by atoms with van der Waals surface area (Å²) in [7, 11) is 0. The van der Waals surface area contributed by atoms with Crippen LogP contribution in [0, 0.1) is 0 Å². The minimum absolute atomic E-state index is 0.397. The summed E-state index contributed by atoms with van der Waals surface area (Å²) in [5.41, 5.74) is 15.9.